The molecule has 140 valence electrons. The highest BCUT2D eigenvalue weighted by molar-refractivity contribution is 8.01. The average molecular weight is 382 g/mol. The molecule has 1 unspecified atom stereocenters. The van der Waals surface area contributed by atoms with Crippen molar-refractivity contribution in [2.45, 2.75) is 25.3 Å². The number of benzene rings is 2. The number of hydrogen-bond acceptors (Lipinski definition) is 3. The number of carbonyl (C=O) groups is 2. The van der Waals surface area contributed by atoms with E-state index in [-0.39, 0.29) is 11.9 Å². The second-order valence-electron chi connectivity index (χ2n) is 6.86. The van der Waals surface area contributed by atoms with Crippen LogP contribution in [0.25, 0.3) is 0 Å². The lowest BCUT2D eigenvalue weighted by Crippen LogP contribution is -2.53. The van der Waals surface area contributed by atoms with Crippen LogP contribution in [0.4, 0.5) is 10.5 Å². The molecule has 5 nitrogen and oxygen atoms in total. The fourth-order valence-corrected chi connectivity index (χ4v) is 5.44. The van der Waals surface area contributed by atoms with Gasteiger partial charge in [0.25, 0.3) is 5.91 Å². The second kappa shape index (κ2) is 6.93. The van der Waals surface area contributed by atoms with Crippen molar-refractivity contribution in [3.05, 3.63) is 65.2 Å². The lowest BCUT2D eigenvalue weighted by molar-refractivity contribution is -0.123. The molecule has 1 saturated heterocycles. The fourth-order valence-electron chi connectivity index (χ4n) is 3.98. The second-order valence-corrected chi connectivity index (χ2v) is 8.15. The van der Waals surface area contributed by atoms with Gasteiger partial charge in [0.15, 0.2) is 4.87 Å². The number of thioether (sulfide) groups is 1. The number of anilines is 1. The quantitative estimate of drug-likeness (QED) is 0.886. The van der Waals surface area contributed by atoms with Crippen LogP contribution in [0.2, 0.25) is 0 Å². The molecule has 2 aromatic carbocycles. The number of hydrogen-bond donors (Lipinski definition) is 1. The van der Waals surface area contributed by atoms with Crippen LogP contribution in [-0.2, 0) is 16.2 Å². The lowest BCUT2D eigenvalue weighted by Gasteiger charge is -2.33. The van der Waals surface area contributed by atoms with E-state index >= 15 is 0 Å². The minimum absolute atomic E-state index is 0.0144. The summed E-state index contributed by atoms with van der Waals surface area (Å²) in [5, 5.41) is 3.01. The van der Waals surface area contributed by atoms with Crippen molar-refractivity contribution in [1.82, 2.24) is 10.2 Å². The van der Waals surface area contributed by atoms with Gasteiger partial charge < -0.3 is 10.2 Å². The van der Waals surface area contributed by atoms with Crippen molar-refractivity contribution in [3.63, 3.8) is 0 Å². The minimum Gasteiger partial charge on any atom is -0.334 e. The van der Waals surface area contributed by atoms with Crippen LogP contribution in [0.5, 0.6) is 0 Å². The summed E-state index contributed by atoms with van der Waals surface area (Å²) in [5.41, 5.74) is 4.05. The molecule has 4 rings (SSSR count). The maximum atomic E-state index is 13.3. The Kier molecular flexibility index (Phi) is 4.60. The maximum absolute atomic E-state index is 13.3. The zero-order valence-corrected chi connectivity index (χ0v) is 16.4. The molecule has 1 atom stereocenters. The first kappa shape index (κ1) is 17.9. The van der Waals surface area contributed by atoms with Crippen LogP contribution in [0.3, 0.4) is 0 Å². The van der Waals surface area contributed by atoms with E-state index in [0.29, 0.717) is 19.6 Å². The summed E-state index contributed by atoms with van der Waals surface area (Å²) in [7, 11) is 0. The van der Waals surface area contributed by atoms with Crippen molar-refractivity contribution in [2.75, 3.05) is 23.7 Å². The van der Waals surface area contributed by atoms with E-state index in [2.05, 4.69) is 11.4 Å². The van der Waals surface area contributed by atoms with E-state index in [0.717, 1.165) is 28.1 Å². The Morgan fingerprint density at radius 1 is 1.22 bits per heavy atom. The highest BCUT2D eigenvalue weighted by Crippen LogP contribution is 2.53. The fraction of sp³-hybridized carbons (Fsp3) is 0.333. The molecule has 2 aliphatic heterocycles. The summed E-state index contributed by atoms with van der Waals surface area (Å²) in [6.07, 6.45) is 0. The van der Waals surface area contributed by atoms with Crippen LogP contribution in [0, 0.1) is 6.92 Å². The third-order valence-electron chi connectivity index (χ3n) is 5.19. The molecule has 0 radical (unpaired) electrons. The van der Waals surface area contributed by atoms with Gasteiger partial charge in [0.2, 0.25) is 0 Å². The monoisotopic (exact) mass is 381 g/mol. The van der Waals surface area contributed by atoms with Crippen LogP contribution >= 0.6 is 11.8 Å². The summed E-state index contributed by atoms with van der Waals surface area (Å²) in [4.78, 5) is 28.9. The predicted molar refractivity (Wildman–Crippen MR) is 109 cm³/mol. The predicted octanol–water partition coefficient (Wildman–Crippen LogP) is 3.47. The Hall–Kier alpha value is -2.47. The van der Waals surface area contributed by atoms with E-state index in [1.165, 1.54) is 0 Å². The van der Waals surface area contributed by atoms with Crippen molar-refractivity contribution < 1.29 is 9.59 Å². The summed E-state index contributed by atoms with van der Waals surface area (Å²) in [5.74, 6) is 0.731. The number of amides is 3. The average Bonchev–Trinajstić information content (AvgIpc) is 3.22. The summed E-state index contributed by atoms with van der Waals surface area (Å²) in [6, 6.07) is 15.7. The Morgan fingerprint density at radius 3 is 2.81 bits per heavy atom. The highest BCUT2D eigenvalue weighted by atomic mass is 32.2. The number of para-hydroxylation sites is 1. The molecular weight excluding hydrogens is 358 g/mol. The van der Waals surface area contributed by atoms with Crippen LogP contribution in [0.1, 0.15) is 23.6 Å². The molecule has 0 saturated carbocycles. The number of nitrogens with zero attached hydrogens (tertiary/aromatic N) is 2. The van der Waals surface area contributed by atoms with Gasteiger partial charge in [0.05, 0.1) is 5.69 Å². The van der Waals surface area contributed by atoms with Crippen molar-refractivity contribution >= 4 is 29.4 Å². The molecule has 2 aliphatic rings. The van der Waals surface area contributed by atoms with Crippen LogP contribution in [-0.4, -0.2) is 35.7 Å². The largest absolute Gasteiger partial charge is 0.334 e. The van der Waals surface area contributed by atoms with Gasteiger partial charge in [0.1, 0.15) is 0 Å². The topological polar surface area (TPSA) is 52.7 Å². The lowest BCUT2D eigenvalue weighted by atomic mass is 10.1. The SMILES string of the molecule is CCN1C(=O)C2(SCCN2C(=O)NCc2cccc(C)c2)c2ccccc21. The third kappa shape index (κ3) is 2.79. The Balaban J connectivity index is 1.62. The number of likely N-dealkylation sites (N-methyl/N-ethyl adjacent to an activating group) is 1. The van der Waals surface area contributed by atoms with Gasteiger partial charge >= 0.3 is 6.03 Å². The molecule has 3 amide bonds. The van der Waals surface area contributed by atoms with Crippen molar-refractivity contribution in [1.29, 1.82) is 0 Å². The normalized spacial score (nSPS) is 21.0. The molecule has 6 heteroatoms. The van der Waals surface area contributed by atoms with Gasteiger partial charge in [-0.3, -0.25) is 9.69 Å². The van der Waals surface area contributed by atoms with Gasteiger partial charge in [-0.05, 0) is 25.5 Å². The molecule has 0 aromatic heterocycles. The summed E-state index contributed by atoms with van der Waals surface area (Å²) < 4.78 is 0. The number of rotatable bonds is 3. The van der Waals surface area contributed by atoms with Crippen molar-refractivity contribution in [3.8, 4) is 0 Å². The molecule has 1 fully saturated rings. The third-order valence-corrected chi connectivity index (χ3v) is 6.61. The minimum atomic E-state index is -0.941. The first-order chi connectivity index (χ1) is 13.1. The van der Waals surface area contributed by atoms with E-state index in [4.69, 9.17) is 0 Å². The summed E-state index contributed by atoms with van der Waals surface area (Å²) in [6.45, 7) is 5.60. The molecule has 0 aliphatic carbocycles. The van der Waals surface area contributed by atoms with E-state index in [9.17, 15) is 9.59 Å². The molecule has 1 N–H and O–H groups in total. The van der Waals surface area contributed by atoms with E-state index in [1.54, 1.807) is 21.6 Å². The highest BCUT2D eigenvalue weighted by Gasteiger charge is 2.59. The Labute approximate surface area is 163 Å². The van der Waals surface area contributed by atoms with Crippen LogP contribution < -0.4 is 10.2 Å². The zero-order chi connectivity index (χ0) is 19.0. The molecule has 0 bridgehead atoms. The first-order valence-corrected chi connectivity index (χ1v) is 10.2. The maximum Gasteiger partial charge on any atom is 0.319 e. The van der Waals surface area contributed by atoms with Crippen molar-refractivity contribution in [2.24, 2.45) is 0 Å². The van der Waals surface area contributed by atoms with Gasteiger partial charge in [-0.2, -0.15) is 0 Å². The van der Waals surface area contributed by atoms with Gasteiger partial charge in [-0.1, -0.05) is 48.0 Å². The summed E-state index contributed by atoms with van der Waals surface area (Å²) >= 11 is 1.56. The molecule has 27 heavy (non-hydrogen) atoms. The number of fused-ring (bicyclic) bond motifs is 2. The Bertz CT molecular complexity index is 901. The van der Waals surface area contributed by atoms with E-state index < -0.39 is 4.87 Å². The number of urea groups is 1. The number of nitrogens with one attached hydrogen (secondary N) is 1. The standard InChI is InChI=1S/C21H23N3O2S/c1-3-23-18-10-5-4-9-17(18)21(19(23)25)24(11-12-27-21)20(26)22-14-16-8-6-7-15(2)13-16/h4-10,13H,3,11-12,14H2,1-2H3,(H,22,26). The Morgan fingerprint density at radius 2 is 2.04 bits per heavy atom. The van der Waals surface area contributed by atoms with Gasteiger partial charge in [-0.15, -0.1) is 11.8 Å². The van der Waals surface area contributed by atoms with Gasteiger partial charge in [0, 0.05) is 31.0 Å². The first-order valence-electron chi connectivity index (χ1n) is 9.24. The van der Waals surface area contributed by atoms with E-state index in [1.807, 2.05) is 56.3 Å². The molecule has 1 spiro atoms. The number of aryl methyl sites for hydroxylation is 1. The molecule has 2 heterocycles. The zero-order valence-electron chi connectivity index (χ0n) is 15.6. The molecular formula is C21H23N3O2S. The van der Waals surface area contributed by atoms with Crippen LogP contribution in [0.15, 0.2) is 48.5 Å². The smallest absolute Gasteiger partial charge is 0.319 e. The number of carbonyl (C=O) groups excluding carboxylic acids is 2. The van der Waals surface area contributed by atoms with Gasteiger partial charge in [-0.25, -0.2) is 4.79 Å². The molecule has 2 aromatic rings.